The van der Waals surface area contributed by atoms with E-state index >= 15 is 0 Å². The number of esters is 1. The molecule has 0 bridgehead atoms. The van der Waals surface area contributed by atoms with E-state index in [0.717, 1.165) is 27.8 Å². The molecule has 1 fully saturated rings. The maximum Gasteiger partial charge on any atom is 0.357 e. The molecule has 5 rings (SSSR count). The van der Waals surface area contributed by atoms with Crippen molar-refractivity contribution in [3.8, 4) is 0 Å². The normalized spacial score (nSPS) is 18.9. The van der Waals surface area contributed by atoms with Crippen LogP contribution in [0, 0.1) is 0 Å². The molecule has 0 aromatic heterocycles. The lowest BCUT2D eigenvalue weighted by molar-refractivity contribution is -0.153. The number of β-lactam (4-membered cyclic amide) rings is 1. The Hall–Kier alpha value is -3.53. The first-order valence-corrected chi connectivity index (χ1v) is 13.2. The third-order valence-electron chi connectivity index (χ3n) is 5.84. The standard InChI is InChI=1S/C27H23N3O4S2/c28-21-24(31)30-22(20(16-35-25(21)30)29-27(33)36-19-14-8-3-9-15-19)26(32)34-23(17-10-4-1-5-11-17)18-12-6-2-7-13-18/h1-15,21,23,25H,16,28H2,(H,29,33)/t21?,25-/m1/s1. The average molecular weight is 518 g/mol. The third kappa shape index (κ3) is 4.90. The van der Waals surface area contributed by atoms with Gasteiger partial charge >= 0.3 is 5.97 Å². The Morgan fingerprint density at radius 2 is 1.50 bits per heavy atom. The summed E-state index contributed by atoms with van der Waals surface area (Å²) < 4.78 is 6.03. The fourth-order valence-corrected chi connectivity index (χ4v) is 6.00. The number of carbonyl (C=O) groups is 3. The van der Waals surface area contributed by atoms with Crippen LogP contribution in [0.1, 0.15) is 17.2 Å². The molecule has 1 saturated heterocycles. The van der Waals surface area contributed by atoms with Gasteiger partial charge in [-0.05, 0) is 35.0 Å². The molecular weight excluding hydrogens is 494 g/mol. The Balaban J connectivity index is 1.46. The molecule has 2 aliphatic heterocycles. The van der Waals surface area contributed by atoms with Crippen LogP contribution in [0.2, 0.25) is 0 Å². The van der Waals surface area contributed by atoms with Crippen molar-refractivity contribution in [2.75, 3.05) is 5.75 Å². The summed E-state index contributed by atoms with van der Waals surface area (Å²) in [6.45, 7) is 0. The minimum atomic E-state index is -0.701. The Morgan fingerprint density at radius 3 is 2.08 bits per heavy atom. The SMILES string of the molecule is NC1C(=O)N2C(C(=O)OC(c3ccccc3)c3ccccc3)=C(NC(=O)Sc3ccccc3)CS[C@H]12. The Labute approximate surface area is 217 Å². The van der Waals surface area contributed by atoms with E-state index in [1.807, 2.05) is 91.0 Å². The molecule has 3 aromatic rings. The zero-order chi connectivity index (χ0) is 25.1. The molecule has 2 heterocycles. The molecule has 7 nitrogen and oxygen atoms in total. The van der Waals surface area contributed by atoms with Crippen LogP contribution < -0.4 is 11.1 Å². The number of carbonyl (C=O) groups excluding carboxylic acids is 3. The minimum absolute atomic E-state index is 0.0318. The molecule has 3 aromatic carbocycles. The predicted molar refractivity (Wildman–Crippen MR) is 140 cm³/mol. The second kappa shape index (κ2) is 10.6. The van der Waals surface area contributed by atoms with Crippen LogP contribution in [0.3, 0.4) is 0 Å². The summed E-state index contributed by atoms with van der Waals surface area (Å²) in [5.41, 5.74) is 7.93. The topological polar surface area (TPSA) is 102 Å². The number of nitrogens with one attached hydrogen (secondary N) is 1. The molecule has 2 aliphatic rings. The molecule has 36 heavy (non-hydrogen) atoms. The van der Waals surface area contributed by atoms with Crippen molar-refractivity contribution in [3.63, 3.8) is 0 Å². The van der Waals surface area contributed by atoms with E-state index in [0.29, 0.717) is 11.4 Å². The molecule has 9 heteroatoms. The summed E-state index contributed by atoms with van der Waals surface area (Å²) in [5, 5.41) is 2.08. The van der Waals surface area contributed by atoms with Crippen molar-refractivity contribution < 1.29 is 19.1 Å². The highest BCUT2D eigenvalue weighted by atomic mass is 32.2. The molecule has 0 radical (unpaired) electrons. The highest BCUT2D eigenvalue weighted by Crippen LogP contribution is 2.40. The molecule has 2 amide bonds. The Bertz CT molecular complexity index is 1260. The monoisotopic (exact) mass is 517 g/mol. The van der Waals surface area contributed by atoms with Crippen LogP contribution in [-0.2, 0) is 14.3 Å². The van der Waals surface area contributed by atoms with Crippen LogP contribution in [0.25, 0.3) is 0 Å². The fourth-order valence-electron chi connectivity index (χ4n) is 4.09. The molecule has 182 valence electrons. The van der Waals surface area contributed by atoms with Crippen LogP contribution in [0.4, 0.5) is 4.79 Å². The lowest BCUT2D eigenvalue weighted by Gasteiger charge is -2.48. The molecule has 0 aliphatic carbocycles. The van der Waals surface area contributed by atoms with Crippen molar-refractivity contribution >= 4 is 40.6 Å². The van der Waals surface area contributed by atoms with Gasteiger partial charge in [-0.2, -0.15) is 0 Å². The molecule has 0 saturated carbocycles. The van der Waals surface area contributed by atoms with Gasteiger partial charge in [-0.3, -0.25) is 14.5 Å². The molecular formula is C27H23N3O4S2. The fraction of sp³-hybridized carbons (Fsp3) is 0.148. The van der Waals surface area contributed by atoms with Crippen molar-refractivity contribution in [1.82, 2.24) is 10.2 Å². The summed E-state index contributed by atoms with van der Waals surface area (Å²) in [5.74, 6) is -0.759. The second-order valence-corrected chi connectivity index (χ2v) is 10.3. The van der Waals surface area contributed by atoms with Crippen LogP contribution in [-0.4, -0.2) is 39.2 Å². The van der Waals surface area contributed by atoms with E-state index in [-0.39, 0.29) is 22.2 Å². The zero-order valence-corrected chi connectivity index (χ0v) is 20.7. The number of rotatable bonds is 6. The smallest absolute Gasteiger partial charge is 0.357 e. The predicted octanol–water partition coefficient (Wildman–Crippen LogP) is 4.28. The number of hydrogen-bond donors (Lipinski definition) is 2. The number of benzene rings is 3. The average Bonchev–Trinajstić information content (AvgIpc) is 2.92. The molecule has 2 atom stereocenters. The van der Waals surface area contributed by atoms with Crippen LogP contribution in [0.5, 0.6) is 0 Å². The number of ether oxygens (including phenoxy) is 1. The maximum atomic E-state index is 13.7. The number of fused-ring (bicyclic) bond motifs is 1. The summed E-state index contributed by atoms with van der Waals surface area (Å²) in [7, 11) is 0. The van der Waals surface area contributed by atoms with E-state index in [9.17, 15) is 14.4 Å². The third-order valence-corrected chi connectivity index (χ3v) is 7.94. The van der Waals surface area contributed by atoms with Gasteiger partial charge in [0.1, 0.15) is 11.4 Å². The van der Waals surface area contributed by atoms with Gasteiger partial charge in [0.15, 0.2) is 11.8 Å². The quantitative estimate of drug-likeness (QED) is 0.286. The van der Waals surface area contributed by atoms with E-state index in [2.05, 4.69) is 5.32 Å². The van der Waals surface area contributed by atoms with Crippen molar-refractivity contribution in [2.45, 2.75) is 22.4 Å². The lowest BCUT2D eigenvalue weighted by atomic mass is 10.0. The Morgan fingerprint density at radius 1 is 0.944 bits per heavy atom. The minimum Gasteiger partial charge on any atom is -0.448 e. The van der Waals surface area contributed by atoms with Gasteiger partial charge in [0.2, 0.25) is 5.91 Å². The summed E-state index contributed by atoms with van der Waals surface area (Å²) in [6, 6.07) is 27.3. The molecule has 1 unspecified atom stereocenters. The molecule has 0 spiro atoms. The van der Waals surface area contributed by atoms with Crippen molar-refractivity contribution in [2.24, 2.45) is 5.73 Å². The summed E-state index contributed by atoms with van der Waals surface area (Å²) >= 11 is 2.41. The van der Waals surface area contributed by atoms with E-state index in [4.69, 9.17) is 10.5 Å². The van der Waals surface area contributed by atoms with Crippen LogP contribution >= 0.6 is 23.5 Å². The second-order valence-electron chi connectivity index (χ2n) is 8.20. The number of nitrogens with two attached hydrogens (primary N) is 1. The van der Waals surface area contributed by atoms with Crippen molar-refractivity contribution in [1.29, 1.82) is 0 Å². The highest BCUT2D eigenvalue weighted by Gasteiger charge is 2.52. The van der Waals surface area contributed by atoms with E-state index in [1.165, 1.54) is 16.7 Å². The van der Waals surface area contributed by atoms with E-state index < -0.39 is 18.1 Å². The number of amides is 2. The first-order valence-electron chi connectivity index (χ1n) is 11.3. The summed E-state index contributed by atoms with van der Waals surface area (Å²) in [4.78, 5) is 41.3. The van der Waals surface area contributed by atoms with Gasteiger partial charge in [-0.1, -0.05) is 78.9 Å². The van der Waals surface area contributed by atoms with Gasteiger partial charge in [-0.25, -0.2) is 4.79 Å². The number of thioether (sulfide) groups is 2. The highest BCUT2D eigenvalue weighted by molar-refractivity contribution is 8.13. The van der Waals surface area contributed by atoms with Crippen molar-refractivity contribution in [3.05, 3.63) is 114 Å². The number of nitrogens with zero attached hydrogens (tertiary/aromatic N) is 1. The summed E-state index contributed by atoms with van der Waals surface area (Å²) in [6.07, 6.45) is -0.693. The maximum absolute atomic E-state index is 13.7. The molecule has 3 N–H and O–H groups in total. The van der Waals surface area contributed by atoms with Gasteiger partial charge in [-0.15, -0.1) is 11.8 Å². The lowest BCUT2D eigenvalue weighted by Crippen LogP contribution is -2.69. The van der Waals surface area contributed by atoms with Gasteiger partial charge in [0, 0.05) is 10.6 Å². The van der Waals surface area contributed by atoms with E-state index in [1.54, 1.807) is 0 Å². The van der Waals surface area contributed by atoms with Crippen LogP contribution in [0.15, 0.2) is 107 Å². The first kappa shape index (κ1) is 24.2. The number of hydrogen-bond acceptors (Lipinski definition) is 7. The zero-order valence-electron chi connectivity index (χ0n) is 19.1. The van der Waals surface area contributed by atoms with Gasteiger partial charge in [0.05, 0.1) is 5.70 Å². The first-order chi connectivity index (χ1) is 17.5. The Kier molecular flexibility index (Phi) is 7.13. The van der Waals surface area contributed by atoms with Gasteiger partial charge < -0.3 is 15.8 Å². The van der Waals surface area contributed by atoms with Gasteiger partial charge in [0.25, 0.3) is 5.24 Å². The largest absolute Gasteiger partial charge is 0.448 e.